The largest absolute Gasteiger partial charge is 0.497 e. The zero-order valence-corrected chi connectivity index (χ0v) is 18.3. The molecule has 162 valence electrons. The van der Waals surface area contributed by atoms with Gasteiger partial charge in [0.15, 0.2) is 11.5 Å². The Bertz CT molecular complexity index is 1010. The summed E-state index contributed by atoms with van der Waals surface area (Å²) in [5.74, 6) is 1.07. The summed E-state index contributed by atoms with van der Waals surface area (Å²) in [4.78, 5) is 12.5. The van der Waals surface area contributed by atoms with E-state index in [2.05, 4.69) is 10.5 Å². The first-order chi connectivity index (χ1) is 14.2. The van der Waals surface area contributed by atoms with E-state index in [1.807, 2.05) is 0 Å². The number of benzene rings is 2. The lowest BCUT2D eigenvalue weighted by molar-refractivity contribution is -0.121. The van der Waals surface area contributed by atoms with Crippen LogP contribution in [0.4, 0.5) is 5.69 Å². The number of rotatable bonds is 9. The number of hydrogen-bond donors (Lipinski definition) is 1. The summed E-state index contributed by atoms with van der Waals surface area (Å²) < 4.78 is 41.1. The van der Waals surface area contributed by atoms with Crippen LogP contribution >= 0.6 is 0 Å². The molecule has 0 unspecified atom stereocenters. The van der Waals surface area contributed by atoms with Crippen LogP contribution in [-0.4, -0.2) is 54.2 Å². The first-order valence-electron chi connectivity index (χ1n) is 8.89. The summed E-state index contributed by atoms with van der Waals surface area (Å²) in [6, 6.07) is 10.5. The topological polar surface area (TPSA) is 107 Å². The number of ether oxygens (including phenoxy) is 3. The maximum atomic E-state index is 12.5. The average Bonchev–Trinajstić information content (AvgIpc) is 2.73. The van der Waals surface area contributed by atoms with Crippen LogP contribution in [0, 0.1) is 0 Å². The lowest BCUT2D eigenvalue weighted by Gasteiger charge is -2.27. The Morgan fingerprint density at radius 2 is 1.67 bits per heavy atom. The number of methoxy groups -OCH3 is 3. The summed E-state index contributed by atoms with van der Waals surface area (Å²) in [7, 11) is 0.830. The Labute approximate surface area is 176 Å². The highest BCUT2D eigenvalue weighted by molar-refractivity contribution is 7.92. The van der Waals surface area contributed by atoms with Crippen LogP contribution < -0.4 is 23.9 Å². The van der Waals surface area contributed by atoms with E-state index >= 15 is 0 Å². The fraction of sp³-hybridized carbons (Fsp3) is 0.300. The lowest BCUT2D eigenvalue weighted by Crippen LogP contribution is -2.46. The molecular formula is C20H25N3O6S. The van der Waals surface area contributed by atoms with E-state index in [0.29, 0.717) is 28.5 Å². The molecule has 0 bridgehead atoms. The molecule has 0 saturated carbocycles. The van der Waals surface area contributed by atoms with Crippen molar-refractivity contribution in [3.8, 4) is 17.2 Å². The number of carbonyl (C=O) groups excluding carboxylic acids is 1. The van der Waals surface area contributed by atoms with Gasteiger partial charge in [-0.1, -0.05) is 0 Å². The van der Waals surface area contributed by atoms with Crippen LogP contribution in [0.1, 0.15) is 12.5 Å². The van der Waals surface area contributed by atoms with Gasteiger partial charge in [-0.05, 0) is 55.0 Å². The second-order valence-corrected chi connectivity index (χ2v) is 8.14. The third-order valence-electron chi connectivity index (χ3n) is 4.21. The minimum absolute atomic E-state index is 0.338. The Balaban J connectivity index is 2.16. The Kier molecular flexibility index (Phi) is 7.65. The van der Waals surface area contributed by atoms with Crippen LogP contribution in [0.3, 0.4) is 0 Å². The molecule has 0 aliphatic carbocycles. The van der Waals surface area contributed by atoms with Gasteiger partial charge in [-0.25, -0.2) is 13.8 Å². The van der Waals surface area contributed by atoms with Crippen molar-refractivity contribution in [2.45, 2.75) is 13.0 Å². The highest BCUT2D eigenvalue weighted by Crippen LogP contribution is 2.27. The molecule has 0 fully saturated rings. The first-order valence-corrected chi connectivity index (χ1v) is 10.7. The van der Waals surface area contributed by atoms with E-state index in [1.165, 1.54) is 34.5 Å². The Hall–Kier alpha value is -3.27. The molecule has 2 rings (SSSR count). The van der Waals surface area contributed by atoms with Crippen molar-refractivity contribution < 1.29 is 27.4 Å². The van der Waals surface area contributed by atoms with Gasteiger partial charge in [0.1, 0.15) is 11.8 Å². The van der Waals surface area contributed by atoms with Crippen molar-refractivity contribution in [3.05, 3.63) is 48.0 Å². The predicted molar refractivity (Wildman–Crippen MR) is 115 cm³/mol. The van der Waals surface area contributed by atoms with E-state index in [-0.39, 0.29) is 0 Å². The van der Waals surface area contributed by atoms with Crippen molar-refractivity contribution in [1.29, 1.82) is 0 Å². The fourth-order valence-electron chi connectivity index (χ4n) is 2.73. The SMILES string of the molecule is COc1ccc(N([C@@H](C)C(=O)N/N=C\c2ccc(OC)c(OC)c2)S(C)(=O)=O)cc1. The molecule has 0 radical (unpaired) electrons. The summed E-state index contributed by atoms with van der Waals surface area (Å²) in [5, 5.41) is 3.92. The number of carbonyl (C=O) groups is 1. The molecule has 0 spiro atoms. The number of nitrogens with zero attached hydrogens (tertiary/aromatic N) is 2. The van der Waals surface area contributed by atoms with Crippen LogP contribution in [0.2, 0.25) is 0 Å². The predicted octanol–water partition coefficient (Wildman–Crippen LogP) is 2.02. The van der Waals surface area contributed by atoms with Crippen molar-refractivity contribution in [2.75, 3.05) is 31.9 Å². The number of hydrogen-bond acceptors (Lipinski definition) is 7. The minimum atomic E-state index is -3.73. The number of amides is 1. The zero-order valence-electron chi connectivity index (χ0n) is 17.4. The van der Waals surface area contributed by atoms with Gasteiger partial charge in [-0.3, -0.25) is 9.10 Å². The van der Waals surface area contributed by atoms with Gasteiger partial charge in [-0.15, -0.1) is 0 Å². The quantitative estimate of drug-likeness (QED) is 0.477. The molecule has 2 aromatic carbocycles. The molecule has 1 atom stereocenters. The van der Waals surface area contributed by atoms with Crippen molar-refractivity contribution in [3.63, 3.8) is 0 Å². The summed E-state index contributed by atoms with van der Waals surface area (Å²) in [6.07, 6.45) is 2.46. The summed E-state index contributed by atoms with van der Waals surface area (Å²) >= 11 is 0. The highest BCUT2D eigenvalue weighted by atomic mass is 32.2. The van der Waals surface area contributed by atoms with E-state index < -0.39 is 22.0 Å². The molecule has 2 aromatic rings. The lowest BCUT2D eigenvalue weighted by atomic mass is 10.2. The van der Waals surface area contributed by atoms with Crippen molar-refractivity contribution >= 4 is 27.8 Å². The highest BCUT2D eigenvalue weighted by Gasteiger charge is 2.29. The number of sulfonamides is 1. The molecule has 1 amide bonds. The maximum absolute atomic E-state index is 12.5. The van der Waals surface area contributed by atoms with Gasteiger partial charge in [0.2, 0.25) is 10.0 Å². The molecule has 30 heavy (non-hydrogen) atoms. The van der Waals surface area contributed by atoms with Crippen LogP contribution in [-0.2, 0) is 14.8 Å². The molecule has 0 heterocycles. The van der Waals surface area contributed by atoms with Gasteiger partial charge < -0.3 is 14.2 Å². The number of nitrogens with one attached hydrogen (secondary N) is 1. The molecule has 0 saturated heterocycles. The van der Waals surface area contributed by atoms with E-state index in [1.54, 1.807) is 42.5 Å². The minimum Gasteiger partial charge on any atom is -0.497 e. The smallest absolute Gasteiger partial charge is 0.263 e. The molecular weight excluding hydrogens is 410 g/mol. The maximum Gasteiger partial charge on any atom is 0.263 e. The van der Waals surface area contributed by atoms with Gasteiger partial charge in [0, 0.05) is 0 Å². The molecule has 0 aromatic heterocycles. The van der Waals surface area contributed by atoms with Crippen LogP contribution in [0.5, 0.6) is 17.2 Å². The van der Waals surface area contributed by atoms with E-state index in [4.69, 9.17) is 14.2 Å². The average molecular weight is 436 g/mol. The van der Waals surface area contributed by atoms with Crippen LogP contribution in [0.15, 0.2) is 47.6 Å². The number of hydrazone groups is 1. The molecule has 0 aliphatic heterocycles. The van der Waals surface area contributed by atoms with Crippen LogP contribution in [0.25, 0.3) is 0 Å². The molecule has 10 heteroatoms. The molecule has 9 nitrogen and oxygen atoms in total. The van der Waals surface area contributed by atoms with Gasteiger partial charge in [0.25, 0.3) is 5.91 Å². The Morgan fingerprint density at radius 3 is 2.20 bits per heavy atom. The summed E-state index contributed by atoms with van der Waals surface area (Å²) in [5.41, 5.74) is 3.37. The van der Waals surface area contributed by atoms with Crippen molar-refractivity contribution in [1.82, 2.24) is 5.43 Å². The first kappa shape index (κ1) is 23.0. The fourth-order valence-corrected chi connectivity index (χ4v) is 3.91. The van der Waals surface area contributed by atoms with E-state index in [0.717, 1.165) is 10.6 Å². The van der Waals surface area contributed by atoms with Gasteiger partial charge in [-0.2, -0.15) is 5.10 Å². The van der Waals surface area contributed by atoms with Gasteiger partial charge >= 0.3 is 0 Å². The molecule has 1 N–H and O–H groups in total. The monoisotopic (exact) mass is 435 g/mol. The zero-order chi connectivity index (χ0) is 22.3. The second kappa shape index (κ2) is 9.97. The summed E-state index contributed by atoms with van der Waals surface area (Å²) in [6.45, 7) is 1.48. The number of anilines is 1. The second-order valence-electron chi connectivity index (χ2n) is 6.28. The van der Waals surface area contributed by atoms with Crippen molar-refractivity contribution in [2.24, 2.45) is 5.10 Å². The molecule has 0 aliphatic rings. The third kappa shape index (κ3) is 5.63. The standard InChI is InChI=1S/C20H25N3O6S/c1-14(23(30(5,25)26)16-7-9-17(27-2)10-8-16)20(24)22-21-13-15-6-11-18(28-3)19(12-15)29-4/h6-14H,1-5H3,(H,22,24)/b21-13-/t14-/m0/s1. The van der Waals surface area contributed by atoms with Gasteiger partial charge in [0.05, 0.1) is 39.5 Å². The normalized spacial score (nSPS) is 12.3. The van der Waals surface area contributed by atoms with E-state index in [9.17, 15) is 13.2 Å². The third-order valence-corrected chi connectivity index (χ3v) is 5.45. The Morgan fingerprint density at radius 1 is 1.03 bits per heavy atom.